The summed E-state index contributed by atoms with van der Waals surface area (Å²) in [4.78, 5) is 24.3. The molecule has 0 fully saturated rings. The smallest absolute Gasteiger partial charge is 0.414 e. The van der Waals surface area contributed by atoms with Gasteiger partial charge >= 0.3 is 6.09 Å². The highest BCUT2D eigenvalue weighted by atomic mass is 16.6. The fraction of sp³-hybridized carbons (Fsp3) is 0.350. The summed E-state index contributed by atoms with van der Waals surface area (Å²) in [5.74, 6) is 0.957. The first-order valence-corrected chi connectivity index (χ1v) is 8.63. The number of hydrogen-bond donors (Lipinski definition) is 1. The highest BCUT2D eigenvalue weighted by Crippen LogP contribution is 2.36. The number of hydrogen-bond acceptors (Lipinski definition) is 6. The number of carbonyl (C=O) groups is 1. The second-order valence-corrected chi connectivity index (χ2v) is 7.38. The van der Waals surface area contributed by atoms with E-state index in [2.05, 4.69) is 0 Å². The summed E-state index contributed by atoms with van der Waals surface area (Å²) in [6.45, 7) is 8.69. The van der Waals surface area contributed by atoms with Gasteiger partial charge in [0.25, 0.3) is 5.69 Å². The highest BCUT2D eigenvalue weighted by molar-refractivity contribution is 5.90. The maximum atomic E-state index is 12.4. The Morgan fingerprint density at radius 3 is 2.36 bits per heavy atom. The lowest BCUT2D eigenvalue weighted by Crippen LogP contribution is -2.34. The maximum absolute atomic E-state index is 12.4. The van der Waals surface area contributed by atoms with Crippen molar-refractivity contribution in [3.63, 3.8) is 0 Å². The van der Waals surface area contributed by atoms with Gasteiger partial charge in [0.05, 0.1) is 4.92 Å². The Kier molecular flexibility index (Phi) is 5.82. The number of nitro groups is 1. The molecule has 0 unspecified atom stereocenters. The Labute approximate surface area is 163 Å². The summed E-state index contributed by atoms with van der Waals surface area (Å²) in [5.41, 5.74) is 0.463. The zero-order chi connectivity index (χ0) is 21.2. The lowest BCUT2D eigenvalue weighted by Gasteiger charge is -2.24. The van der Waals surface area contributed by atoms with Crippen LogP contribution in [0.5, 0.6) is 17.2 Å². The van der Waals surface area contributed by atoms with Crippen molar-refractivity contribution in [2.75, 3.05) is 11.9 Å². The third-order valence-electron chi connectivity index (χ3n) is 4.11. The minimum Gasteiger partial charge on any atom is -0.508 e. The second kappa shape index (κ2) is 7.75. The van der Waals surface area contributed by atoms with Crippen LogP contribution in [0, 0.1) is 24.0 Å². The SMILES string of the molecule is Cc1c(O)ccc(Oc2ccc([N+](=O)[O-])c(N(C)C(=O)OC(C)(C)C)c2)c1C. The number of phenols is 1. The molecule has 2 rings (SSSR count). The summed E-state index contributed by atoms with van der Waals surface area (Å²) in [6.07, 6.45) is -0.718. The molecule has 0 atom stereocenters. The van der Waals surface area contributed by atoms with Gasteiger partial charge in [-0.05, 0) is 63.9 Å². The van der Waals surface area contributed by atoms with Crippen molar-refractivity contribution < 1.29 is 24.3 Å². The Balaban J connectivity index is 2.42. The number of ether oxygens (including phenoxy) is 2. The highest BCUT2D eigenvalue weighted by Gasteiger charge is 2.26. The molecule has 0 saturated carbocycles. The topological polar surface area (TPSA) is 102 Å². The zero-order valence-corrected chi connectivity index (χ0v) is 16.8. The number of phenolic OH excluding ortho intramolecular Hbond substituents is 1. The first kappa shape index (κ1) is 21.0. The third kappa shape index (κ3) is 4.70. The van der Waals surface area contributed by atoms with E-state index in [-0.39, 0.29) is 17.1 Å². The molecule has 8 nitrogen and oxygen atoms in total. The van der Waals surface area contributed by atoms with Crippen molar-refractivity contribution in [3.05, 3.63) is 51.6 Å². The molecule has 8 heteroatoms. The molecule has 2 aromatic carbocycles. The van der Waals surface area contributed by atoms with Crippen LogP contribution in [-0.4, -0.2) is 28.8 Å². The molecule has 0 saturated heterocycles. The van der Waals surface area contributed by atoms with E-state index in [9.17, 15) is 20.0 Å². The monoisotopic (exact) mass is 388 g/mol. The number of anilines is 1. The molecule has 2 aromatic rings. The van der Waals surface area contributed by atoms with E-state index in [0.29, 0.717) is 17.1 Å². The molecular weight excluding hydrogens is 364 g/mol. The fourth-order valence-electron chi connectivity index (χ4n) is 2.44. The summed E-state index contributed by atoms with van der Waals surface area (Å²) in [6, 6.07) is 7.25. The molecule has 0 aliphatic heterocycles. The maximum Gasteiger partial charge on any atom is 0.414 e. The van der Waals surface area contributed by atoms with Crippen LogP contribution in [0.3, 0.4) is 0 Å². The second-order valence-electron chi connectivity index (χ2n) is 7.38. The largest absolute Gasteiger partial charge is 0.508 e. The number of aromatic hydroxyl groups is 1. The van der Waals surface area contributed by atoms with Gasteiger partial charge in [0, 0.05) is 19.2 Å². The molecule has 1 amide bonds. The van der Waals surface area contributed by atoms with Crippen LogP contribution < -0.4 is 9.64 Å². The Morgan fingerprint density at radius 1 is 1.14 bits per heavy atom. The normalized spacial score (nSPS) is 11.1. The molecule has 0 heterocycles. The first-order chi connectivity index (χ1) is 12.9. The molecule has 0 aromatic heterocycles. The van der Waals surface area contributed by atoms with Crippen LogP contribution in [-0.2, 0) is 4.74 Å². The standard InChI is InChI=1S/C20H24N2O6/c1-12-13(2)18(10-9-17(12)23)27-14-7-8-15(22(25)26)16(11-14)21(6)19(24)28-20(3,4)5/h7-11,23H,1-6H3. The summed E-state index contributed by atoms with van der Waals surface area (Å²) < 4.78 is 11.1. The van der Waals surface area contributed by atoms with E-state index in [4.69, 9.17) is 9.47 Å². The van der Waals surface area contributed by atoms with Gasteiger partial charge in [0.15, 0.2) is 0 Å². The van der Waals surface area contributed by atoms with E-state index < -0.39 is 16.6 Å². The minimum atomic E-state index is -0.741. The van der Waals surface area contributed by atoms with Gasteiger partial charge in [-0.25, -0.2) is 4.79 Å². The zero-order valence-electron chi connectivity index (χ0n) is 16.8. The average molecular weight is 388 g/mol. The van der Waals surface area contributed by atoms with Crippen LogP contribution in [0.2, 0.25) is 0 Å². The van der Waals surface area contributed by atoms with E-state index in [1.54, 1.807) is 40.7 Å². The predicted molar refractivity (Wildman–Crippen MR) is 105 cm³/mol. The fourth-order valence-corrected chi connectivity index (χ4v) is 2.44. The molecule has 1 N–H and O–H groups in total. The van der Waals surface area contributed by atoms with E-state index in [1.807, 2.05) is 0 Å². The van der Waals surface area contributed by atoms with Crippen molar-refractivity contribution in [2.24, 2.45) is 0 Å². The summed E-state index contributed by atoms with van der Waals surface area (Å²) >= 11 is 0. The number of amides is 1. The number of nitrogens with zero attached hydrogens (tertiary/aromatic N) is 2. The van der Waals surface area contributed by atoms with Gasteiger partial charge in [-0.2, -0.15) is 0 Å². The molecule has 28 heavy (non-hydrogen) atoms. The Bertz CT molecular complexity index is 918. The van der Waals surface area contributed by atoms with Crippen LogP contribution in [0.1, 0.15) is 31.9 Å². The molecule has 0 aliphatic rings. The third-order valence-corrected chi connectivity index (χ3v) is 4.11. The van der Waals surface area contributed by atoms with Crippen LogP contribution in [0.4, 0.5) is 16.2 Å². The molecule has 0 radical (unpaired) electrons. The number of nitro benzene ring substituents is 1. The molecule has 150 valence electrons. The summed E-state index contributed by atoms with van der Waals surface area (Å²) in [5, 5.41) is 21.2. The quantitative estimate of drug-likeness (QED) is 0.579. The van der Waals surface area contributed by atoms with Crippen LogP contribution >= 0.6 is 0 Å². The van der Waals surface area contributed by atoms with Crippen molar-refractivity contribution in [3.8, 4) is 17.2 Å². The van der Waals surface area contributed by atoms with Crippen molar-refractivity contribution in [1.82, 2.24) is 0 Å². The van der Waals surface area contributed by atoms with Crippen LogP contribution in [0.15, 0.2) is 30.3 Å². The van der Waals surface area contributed by atoms with Gasteiger partial charge in [-0.15, -0.1) is 0 Å². The summed E-state index contributed by atoms with van der Waals surface area (Å²) in [7, 11) is 1.40. The average Bonchev–Trinajstić information content (AvgIpc) is 2.59. The van der Waals surface area contributed by atoms with Gasteiger partial charge in [0.1, 0.15) is 28.5 Å². The van der Waals surface area contributed by atoms with Gasteiger partial charge in [0.2, 0.25) is 0 Å². The lowest BCUT2D eigenvalue weighted by atomic mass is 10.1. The molecule has 0 bridgehead atoms. The lowest BCUT2D eigenvalue weighted by molar-refractivity contribution is -0.384. The van der Waals surface area contributed by atoms with E-state index in [0.717, 1.165) is 10.5 Å². The Morgan fingerprint density at radius 2 is 1.79 bits per heavy atom. The number of carbonyl (C=O) groups excluding carboxylic acids is 1. The van der Waals surface area contributed by atoms with Crippen molar-refractivity contribution >= 4 is 17.5 Å². The van der Waals surface area contributed by atoms with E-state index >= 15 is 0 Å². The predicted octanol–water partition coefficient (Wildman–Crippen LogP) is 5.08. The van der Waals surface area contributed by atoms with Crippen molar-refractivity contribution in [2.45, 2.75) is 40.2 Å². The van der Waals surface area contributed by atoms with Crippen LogP contribution in [0.25, 0.3) is 0 Å². The van der Waals surface area contributed by atoms with Gasteiger partial charge in [-0.3, -0.25) is 15.0 Å². The van der Waals surface area contributed by atoms with Gasteiger partial charge in [-0.1, -0.05) is 0 Å². The van der Waals surface area contributed by atoms with Crippen molar-refractivity contribution in [1.29, 1.82) is 0 Å². The molecular formula is C20H24N2O6. The van der Waals surface area contributed by atoms with Gasteiger partial charge < -0.3 is 14.6 Å². The molecule has 0 aliphatic carbocycles. The number of benzene rings is 2. The Hall–Kier alpha value is -3.29. The first-order valence-electron chi connectivity index (χ1n) is 8.63. The number of rotatable bonds is 4. The molecule has 0 spiro atoms. The van der Waals surface area contributed by atoms with E-state index in [1.165, 1.54) is 31.3 Å². The minimum absolute atomic E-state index is 0.0462.